The van der Waals surface area contributed by atoms with Crippen LogP contribution in [0.5, 0.6) is 0 Å². The van der Waals surface area contributed by atoms with E-state index in [0.717, 1.165) is 18.2 Å². The van der Waals surface area contributed by atoms with Gasteiger partial charge in [-0.1, -0.05) is 48.9 Å². The van der Waals surface area contributed by atoms with Crippen LogP contribution < -0.4 is 5.32 Å². The summed E-state index contributed by atoms with van der Waals surface area (Å²) in [6.07, 6.45) is 6.69. The largest absolute Gasteiger partial charge is 0.382 e. The minimum absolute atomic E-state index is 0.368. The van der Waals surface area contributed by atoms with Crippen molar-refractivity contribution < 1.29 is 0 Å². The van der Waals surface area contributed by atoms with E-state index in [1.807, 2.05) is 0 Å². The zero-order valence-corrected chi connectivity index (χ0v) is 10.6. The van der Waals surface area contributed by atoms with Crippen LogP contribution in [0.3, 0.4) is 0 Å². The first-order valence-electron chi connectivity index (χ1n) is 5.68. The van der Waals surface area contributed by atoms with Gasteiger partial charge in [0, 0.05) is 12.6 Å². The summed E-state index contributed by atoms with van der Waals surface area (Å²) in [4.78, 5) is 0. The summed E-state index contributed by atoms with van der Waals surface area (Å²) >= 11 is 11.6. The number of anilines is 1. The summed E-state index contributed by atoms with van der Waals surface area (Å²) in [5, 5.41) is 11.4. The quantitative estimate of drug-likeness (QED) is 0.895. The fourth-order valence-corrected chi connectivity index (χ4v) is 2.49. The number of halogens is 2. The van der Waals surface area contributed by atoms with E-state index >= 15 is 0 Å². The second kappa shape index (κ2) is 5.69. The molecule has 88 valence electrons. The topological polar surface area (TPSA) is 37.8 Å². The van der Waals surface area contributed by atoms with Gasteiger partial charge in [0.15, 0.2) is 10.3 Å². The van der Waals surface area contributed by atoms with Gasteiger partial charge < -0.3 is 5.32 Å². The van der Waals surface area contributed by atoms with Crippen molar-refractivity contribution in [3.8, 4) is 0 Å². The third-order valence-electron chi connectivity index (χ3n) is 3.06. The monoisotopic (exact) mass is 259 g/mol. The Balaban J connectivity index is 1.82. The summed E-state index contributed by atoms with van der Waals surface area (Å²) in [7, 11) is 0. The van der Waals surface area contributed by atoms with Gasteiger partial charge in [0.25, 0.3) is 0 Å². The lowest BCUT2D eigenvalue weighted by Gasteiger charge is -2.11. The molecule has 2 rings (SSSR count). The van der Waals surface area contributed by atoms with Crippen molar-refractivity contribution in [3.05, 3.63) is 16.4 Å². The molecule has 1 saturated carbocycles. The van der Waals surface area contributed by atoms with Crippen LogP contribution in [0.15, 0.2) is 6.07 Å². The lowest BCUT2D eigenvalue weighted by molar-refractivity contribution is 0.518. The van der Waals surface area contributed by atoms with Gasteiger partial charge in [-0.25, -0.2) is 0 Å². The highest BCUT2D eigenvalue weighted by Gasteiger charge is 2.14. The number of hydrogen-bond donors (Lipinski definition) is 1. The summed E-state index contributed by atoms with van der Waals surface area (Å²) < 4.78 is 0. The van der Waals surface area contributed by atoms with Crippen LogP contribution in [-0.4, -0.2) is 16.7 Å². The van der Waals surface area contributed by atoms with E-state index in [-0.39, 0.29) is 0 Å². The molecule has 0 aliphatic heterocycles. The fourth-order valence-electron chi connectivity index (χ4n) is 2.19. The van der Waals surface area contributed by atoms with Gasteiger partial charge in [-0.3, -0.25) is 0 Å². The average molecular weight is 260 g/mol. The lowest BCUT2D eigenvalue weighted by Crippen LogP contribution is -2.07. The Kier molecular flexibility index (Phi) is 4.24. The molecular formula is C11H15Cl2N3. The molecular weight excluding hydrogens is 245 g/mol. The van der Waals surface area contributed by atoms with Crippen LogP contribution >= 0.6 is 23.2 Å². The molecule has 5 heteroatoms. The van der Waals surface area contributed by atoms with Crippen molar-refractivity contribution in [3.63, 3.8) is 0 Å². The Morgan fingerprint density at radius 2 is 2.00 bits per heavy atom. The number of aromatic nitrogens is 2. The van der Waals surface area contributed by atoms with E-state index in [4.69, 9.17) is 23.2 Å². The normalized spacial score (nSPS) is 16.6. The highest BCUT2D eigenvalue weighted by molar-refractivity contribution is 6.33. The Morgan fingerprint density at radius 1 is 1.25 bits per heavy atom. The van der Waals surface area contributed by atoms with Crippen LogP contribution in [0.25, 0.3) is 0 Å². The maximum Gasteiger partial charge on any atom is 0.174 e. The molecule has 0 bridgehead atoms. The van der Waals surface area contributed by atoms with E-state index in [9.17, 15) is 0 Å². The van der Waals surface area contributed by atoms with Crippen molar-refractivity contribution in [2.45, 2.75) is 32.1 Å². The van der Waals surface area contributed by atoms with Crippen molar-refractivity contribution >= 4 is 28.9 Å². The molecule has 1 heterocycles. The summed E-state index contributed by atoms with van der Waals surface area (Å²) in [5.74, 6) is 0.872. The van der Waals surface area contributed by atoms with Gasteiger partial charge in [0.05, 0.1) is 5.69 Å². The first-order valence-corrected chi connectivity index (χ1v) is 6.44. The first kappa shape index (κ1) is 11.9. The average Bonchev–Trinajstić information content (AvgIpc) is 2.76. The highest BCUT2D eigenvalue weighted by atomic mass is 35.5. The summed E-state index contributed by atoms with van der Waals surface area (Å²) in [6, 6.07) is 1.71. The molecule has 0 spiro atoms. The van der Waals surface area contributed by atoms with Gasteiger partial charge in [-0.15, -0.1) is 10.2 Å². The van der Waals surface area contributed by atoms with Crippen molar-refractivity contribution in [2.24, 2.45) is 5.92 Å². The van der Waals surface area contributed by atoms with Crippen LogP contribution in [-0.2, 0) is 0 Å². The maximum absolute atomic E-state index is 5.90. The second-order valence-corrected chi connectivity index (χ2v) is 4.98. The molecule has 0 aromatic carbocycles. The molecule has 1 aliphatic rings. The standard InChI is InChI=1S/C11H15Cl2N3/c12-10-7-9(11(13)16-15-10)14-6-5-8-3-1-2-4-8/h7-8H,1-6H2,(H,14,15). The van der Waals surface area contributed by atoms with Gasteiger partial charge in [-0.2, -0.15) is 0 Å². The van der Waals surface area contributed by atoms with E-state index in [1.165, 1.54) is 32.1 Å². The SMILES string of the molecule is Clc1cc(NCCC2CCCC2)c(Cl)nn1. The Bertz CT molecular complexity index is 351. The van der Waals surface area contributed by atoms with Crippen molar-refractivity contribution in [2.75, 3.05) is 11.9 Å². The van der Waals surface area contributed by atoms with E-state index < -0.39 is 0 Å². The Morgan fingerprint density at radius 3 is 2.75 bits per heavy atom. The summed E-state index contributed by atoms with van der Waals surface area (Å²) in [6.45, 7) is 0.923. The van der Waals surface area contributed by atoms with Crippen LogP contribution in [0.1, 0.15) is 32.1 Å². The smallest absolute Gasteiger partial charge is 0.174 e. The Labute approximate surface area is 106 Å². The first-order chi connectivity index (χ1) is 7.75. The highest BCUT2D eigenvalue weighted by Crippen LogP contribution is 2.28. The number of hydrogen-bond acceptors (Lipinski definition) is 3. The summed E-state index contributed by atoms with van der Waals surface area (Å²) in [5.41, 5.74) is 0.777. The van der Waals surface area contributed by atoms with Crippen LogP contribution in [0.2, 0.25) is 10.3 Å². The molecule has 0 unspecified atom stereocenters. The minimum atomic E-state index is 0.368. The predicted molar refractivity (Wildman–Crippen MR) is 67.1 cm³/mol. The van der Waals surface area contributed by atoms with Gasteiger partial charge >= 0.3 is 0 Å². The maximum atomic E-state index is 5.90. The van der Waals surface area contributed by atoms with Gasteiger partial charge in [-0.05, 0) is 12.3 Å². The molecule has 1 N–H and O–H groups in total. The van der Waals surface area contributed by atoms with Crippen LogP contribution in [0, 0.1) is 5.92 Å². The number of rotatable bonds is 4. The molecule has 16 heavy (non-hydrogen) atoms. The molecule has 0 amide bonds. The molecule has 1 fully saturated rings. The molecule has 0 atom stereocenters. The Hall–Kier alpha value is -0.540. The van der Waals surface area contributed by atoms with E-state index in [1.54, 1.807) is 6.07 Å². The molecule has 0 saturated heterocycles. The fraction of sp³-hybridized carbons (Fsp3) is 0.636. The van der Waals surface area contributed by atoms with E-state index in [0.29, 0.717) is 10.3 Å². The third kappa shape index (κ3) is 3.22. The van der Waals surface area contributed by atoms with Gasteiger partial charge in [0.1, 0.15) is 0 Å². The second-order valence-electron chi connectivity index (χ2n) is 4.24. The third-order valence-corrected chi connectivity index (χ3v) is 3.53. The van der Waals surface area contributed by atoms with Crippen molar-refractivity contribution in [1.29, 1.82) is 0 Å². The molecule has 1 aromatic heterocycles. The van der Waals surface area contributed by atoms with Crippen LogP contribution in [0.4, 0.5) is 5.69 Å². The zero-order chi connectivity index (χ0) is 11.4. The minimum Gasteiger partial charge on any atom is -0.382 e. The number of nitrogens with zero attached hydrogens (tertiary/aromatic N) is 2. The molecule has 1 aliphatic carbocycles. The van der Waals surface area contributed by atoms with E-state index in [2.05, 4.69) is 15.5 Å². The number of nitrogens with one attached hydrogen (secondary N) is 1. The zero-order valence-electron chi connectivity index (χ0n) is 9.05. The molecule has 1 aromatic rings. The molecule has 3 nitrogen and oxygen atoms in total. The predicted octanol–water partition coefficient (Wildman–Crippen LogP) is 3.78. The van der Waals surface area contributed by atoms with Crippen molar-refractivity contribution in [1.82, 2.24) is 10.2 Å². The molecule has 0 radical (unpaired) electrons. The lowest BCUT2D eigenvalue weighted by atomic mass is 10.0. The van der Waals surface area contributed by atoms with Gasteiger partial charge in [0.2, 0.25) is 0 Å².